The Morgan fingerprint density at radius 3 is 2.42 bits per heavy atom. The molecule has 2 aliphatic rings. The van der Waals surface area contributed by atoms with Crippen molar-refractivity contribution < 1.29 is 19.1 Å². The second-order valence-corrected chi connectivity index (χ2v) is 6.19. The van der Waals surface area contributed by atoms with Crippen LogP contribution in [-0.2, 0) is 27.5 Å². The molecule has 5 nitrogen and oxygen atoms in total. The van der Waals surface area contributed by atoms with Crippen LogP contribution in [0, 0.1) is 5.92 Å². The average Bonchev–Trinajstić information content (AvgIpc) is 3.13. The van der Waals surface area contributed by atoms with Crippen molar-refractivity contribution in [1.82, 2.24) is 0 Å². The Balaban J connectivity index is 1.52. The number of amides is 2. The first-order valence-electron chi connectivity index (χ1n) is 7.96. The van der Waals surface area contributed by atoms with Crippen LogP contribution in [0.1, 0.15) is 24.5 Å². The molecule has 2 heterocycles. The number of hydrogen-bond donors (Lipinski definition) is 0. The van der Waals surface area contributed by atoms with Crippen LogP contribution in [0.5, 0.6) is 11.5 Å². The molecule has 0 aliphatic carbocycles. The van der Waals surface area contributed by atoms with Crippen LogP contribution in [0.25, 0.3) is 0 Å². The summed E-state index contributed by atoms with van der Waals surface area (Å²) < 4.78 is 11.2. The van der Waals surface area contributed by atoms with E-state index in [0.29, 0.717) is 24.7 Å². The molecule has 1 saturated heterocycles. The summed E-state index contributed by atoms with van der Waals surface area (Å²) in [6, 6.07) is 12.9. The average molecular weight is 323 g/mol. The van der Waals surface area contributed by atoms with Gasteiger partial charge in [-0.2, -0.15) is 0 Å². The summed E-state index contributed by atoms with van der Waals surface area (Å²) in [7, 11) is 0. The Kier molecular flexibility index (Phi) is 3.58. The molecule has 2 amide bonds. The molecule has 0 unspecified atom stereocenters. The molecular weight excluding hydrogens is 306 g/mol. The van der Waals surface area contributed by atoms with Crippen LogP contribution in [0.3, 0.4) is 0 Å². The molecule has 0 bridgehead atoms. The van der Waals surface area contributed by atoms with Crippen molar-refractivity contribution in [1.29, 1.82) is 0 Å². The summed E-state index contributed by atoms with van der Waals surface area (Å²) in [5, 5.41) is 0. The van der Waals surface area contributed by atoms with Gasteiger partial charge in [-0.15, -0.1) is 0 Å². The molecular formula is C19H17NO4. The fourth-order valence-corrected chi connectivity index (χ4v) is 3.07. The van der Waals surface area contributed by atoms with Crippen LogP contribution in [-0.4, -0.2) is 11.8 Å². The number of hydrogen-bond acceptors (Lipinski definition) is 4. The van der Waals surface area contributed by atoms with E-state index in [4.69, 9.17) is 9.47 Å². The lowest BCUT2D eigenvalue weighted by Gasteiger charge is -2.15. The number of fused-ring (bicyclic) bond motifs is 1. The first kappa shape index (κ1) is 14.9. The van der Waals surface area contributed by atoms with Crippen LogP contribution >= 0.6 is 0 Å². The maximum Gasteiger partial charge on any atom is 0.237 e. The van der Waals surface area contributed by atoms with Crippen LogP contribution in [0.4, 0.5) is 5.69 Å². The van der Waals surface area contributed by atoms with E-state index in [2.05, 4.69) is 0 Å². The summed E-state index contributed by atoms with van der Waals surface area (Å²) in [4.78, 5) is 25.3. The van der Waals surface area contributed by atoms with E-state index in [0.717, 1.165) is 11.3 Å². The molecule has 0 N–H and O–H groups in total. The van der Waals surface area contributed by atoms with Gasteiger partial charge in [-0.3, -0.25) is 14.5 Å². The van der Waals surface area contributed by atoms with Crippen LogP contribution < -0.4 is 9.64 Å². The van der Waals surface area contributed by atoms with Gasteiger partial charge in [0.25, 0.3) is 0 Å². The lowest BCUT2D eigenvalue weighted by molar-refractivity contribution is -0.122. The molecule has 0 radical (unpaired) electrons. The first-order chi connectivity index (χ1) is 11.6. The number of carbonyl (C=O) groups excluding carboxylic acids is 2. The summed E-state index contributed by atoms with van der Waals surface area (Å²) >= 11 is 0. The molecule has 2 aromatic carbocycles. The second-order valence-electron chi connectivity index (χ2n) is 6.19. The van der Waals surface area contributed by atoms with Crippen molar-refractivity contribution >= 4 is 17.5 Å². The van der Waals surface area contributed by atoms with E-state index in [9.17, 15) is 9.59 Å². The van der Waals surface area contributed by atoms with E-state index in [1.165, 1.54) is 10.5 Å². The highest BCUT2D eigenvalue weighted by molar-refractivity contribution is 6.20. The minimum atomic E-state index is -0.248. The van der Waals surface area contributed by atoms with Gasteiger partial charge in [0.2, 0.25) is 11.8 Å². The Morgan fingerprint density at radius 2 is 1.71 bits per heavy atom. The third-order valence-electron chi connectivity index (χ3n) is 4.40. The van der Waals surface area contributed by atoms with E-state index < -0.39 is 0 Å². The molecule has 0 spiro atoms. The number of anilines is 1. The SMILES string of the molecule is C[C@H]1CC(=O)N(c2ccc(Oc3ccc4c(c3)COC4)cc2)C1=O. The van der Waals surface area contributed by atoms with Gasteiger partial charge in [-0.05, 0) is 47.5 Å². The lowest BCUT2D eigenvalue weighted by atomic mass is 10.1. The molecule has 122 valence electrons. The summed E-state index contributed by atoms with van der Waals surface area (Å²) in [6.45, 7) is 3.04. The standard InChI is InChI=1S/C19H17NO4/c1-12-8-18(21)20(19(12)22)15-3-6-16(7-4-15)24-17-5-2-13-10-23-11-14(13)9-17/h2-7,9,12H,8,10-11H2,1H3/t12-/m0/s1. The fraction of sp³-hybridized carbons (Fsp3) is 0.263. The highest BCUT2D eigenvalue weighted by Crippen LogP contribution is 2.31. The van der Waals surface area contributed by atoms with E-state index in [1.54, 1.807) is 31.2 Å². The Labute approximate surface area is 139 Å². The molecule has 4 rings (SSSR count). The Bertz CT molecular complexity index is 813. The van der Waals surface area contributed by atoms with Crippen molar-refractivity contribution in [2.24, 2.45) is 5.92 Å². The number of ether oxygens (including phenoxy) is 2. The maximum absolute atomic E-state index is 12.1. The van der Waals surface area contributed by atoms with E-state index in [1.807, 2.05) is 18.2 Å². The summed E-state index contributed by atoms with van der Waals surface area (Å²) in [6.07, 6.45) is 0.272. The predicted octanol–water partition coefficient (Wildman–Crippen LogP) is 3.41. The van der Waals surface area contributed by atoms with Gasteiger partial charge in [0.1, 0.15) is 11.5 Å². The van der Waals surface area contributed by atoms with Gasteiger partial charge in [0.15, 0.2) is 0 Å². The van der Waals surface area contributed by atoms with Crippen molar-refractivity contribution in [2.75, 3.05) is 4.90 Å². The third-order valence-corrected chi connectivity index (χ3v) is 4.40. The first-order valence-corrected chi connectivity index (χ1v) is 7.96. The molecule has 24 heavy (non-hydrogen) atoms. The van der Waals surface area contributed by atoms with Gasteiger partial charge in [-0.1, -0.05) is 13.0 Å². The molecule has 2 aromatic rings. The Morgan fingerprint density at radius 1 is 1.00 bits per heavy atom. The van der Waals surface area contributed by atoms with E-state index in [-0.39, 0.29) is 24.2 Å². The zero-order valence-corrected chi connectivity index (χ0v) is 13.3. The highest BCUT2D eigenvalue weighted by atomic mass is 16.5. The van der Waals surface area contributed by atoms with Crippen LogP contribution in [0.2, 0.25) is 0 Å². The molecule has 2 aliphatic heterocycles. The van der Waals surface area contributed by atoms with Gasteiger partial charge in [-0.25, -0.2) is 0 Å². The minimum Gasteiger partial charge on any atom is -0.457 e. The number of imide groups is 1. The molecule has 5 heteroatoms. The largest absolute Gasteiger partial charge is 0.457 e. The van der Waals surface area contributed by atoms with Crippen molar-refractivity contribution in [3.63, 3.8) is 0 Å². The molecule has 1 fully saturated rings. The number of carbonyl (C=O) groups is 2. The number of nitrogens with zero attached hydrogens (tertiary/aromatic N) is 1. The zero-order chi connectivity index (χ0) is 16.7. The molecule has 1 atom stereocenters. The summed E-state index contributed by atoms with van der Waals surface area (Å²) in [5.74, 6) is 0.854. The lowest BCUT2D eigenvalue weighted by Crippen LogP contribution is -2.29. The summed E-state index contributed by atoms with van der Waals surface area (Å²) in [5.41, 5.74) is 2.92. The van der Waals surface area contributed by atoms with Gasteiger partial charge >= 0.3 is 0 Å². The molecule has 0 saturated carbocycles. The normalized spacial score (nSPS) is 19.7. The minimum absolute atomic E-state index is 0.146. The van der Waals surface area contributed by atoms with Gasteiger partial charge in [0.05, 0.1) is 18.9 Å². The van der Waals surface area contributed by atoms with Crippen molar-refractivity contribution in [3.05, 3.63) is 53.6 Å². The maximum atomic E-state index is 12.1. The van der Waals surface area contributed by atoms with Gasteiger partial charge < -0.3 is 9.47 Å². The van der Waals surface area contributed by atoms with Gasteiger partial charge in [0, 0.05) is 12.3 Å². The fourth-order valence-electron chi connectivity index (χ4n) is 3.07. The van der Waals surface area contributed by atoms with E-state index >= 15 is 0 Å². The topological polar surface area (TPSA) is 55.8 Å². The molecule has 0 aromatic heterocycles. The number of benzene rings is 2. The highest BCUT2D eigenvalue weighted by Gasteiger charge is 2.36. The Hall–Kier alpha value is -2.66. The monoisotopic (exact) mass is 323 g/mol. The van der Waals surface area contributed by atoms with Crippen molar-refractivity contribution in [2.45, 2.75) is 26.6 Å². The zero-order valence-electron chi connectivity index (χ0n) is 13.3. The second kappa shape index (κ2) is 5.76. The predicted molar refractivity (Wildman–Crippen MR) is 87.7 cm³/mol. The van der Waals surface area contributed by atoms with Crippen LogP contribution in [0.15, 0.2) is 42.5 Å². The quantitative estimate of drug-likeness (QED) is 0.812. The third kappa shape index (κ3) is 2.57. The van der Waals surface area contributed by atoms with Crippen molar-refractivity contribution in [3.8, 4) is 11.5 Å². The number of rotatable bonds is 3. The smallest absolute Gasteiger partial charge is 0.237 e.